The Bertz CT molecular complexity index is 609. The first kappa shape index (κ1) is 19.2. The minimum absolute atomic E-state index is 0.0133. The van der Waals surface area contributed by atoms with Crippen molar-refractivity contribution in [1.82, 2.24) is 9.80 Å². The van der Waals surface area contributed by atoms with Crippen molar-refractivity contribution in [3.8, 4) is 5.75 Å². The molecule has 0 saturated carbocycles. The van der Waals surface area contributed by atoms with E-state index in [1.807, 2.05) is 48.8 Å². The van der Waals surface area contributed by atoms with E-state index in [9.17, 15) is 9.59 Å². The van der Waals surface area contributed by atoms with Gasteiger partial charge in [0.1, 0.15) is 5.75 Å². The van der Waals surface area contributed by atoms with Gasteiger partial charge in [0.2, 0.25) is 0 Å². The molecule has 1 amide bonds. The van der Waals surface area contributed by atoms with E-state index in [2.05, 4.69) is 0 Å². The average Bonchev–Trinajstić information content (AvgIpc) is 2.60. The molecule has 0 bridgehead atoms. The Hall–Kier alpha value is -2.08. The molecule has 1 heterocycles. The van der Waals surface area contributed by atoms with Gasteiger partial charge in [-0.15, -0.1) is 0 Å². The molecule has 0 aliphatic carbocycles. The molecular weight excluding hydrogens is 320 g/mol. The lowest BCUT2D eigenvalue weighted by Gasteiger charge is -2.37. The molecule has 1 fully saturated rings. The van der Waals surface area contributed by atoms with E-state index in [0.717, 1.165) is 29.7 Å². The van der Waals surface area contributed by atoms with Crippen LogP contribution in [0.2, 0.25) is 0 Å². The minimum Gasteiger partial charge on any atom is -0.483 e. The number of hydrogen-bond donors (Lipinski definition) is 1. The van der Waals surface area contributed by atoms with Crippen LogP contribution in [-0.4, -0.2) is 65.6 Å². The van der Waals surface area contributed by atoms with Crippen LogP contribution in [-0.2, 0) is 9.59 Å². The number of likely N-dealkylation sites (tertiary alicyclic amines) is 1. The summed E-state index contributed by atoms with van der Waals surface area (Å²) in [5, 5.41) is 8.98. The SMILES string of the molecule is CCN(CC(=O)O)C1CCN(C(=O)COc2cc(C)ccc2C)CC1. The van der Waals surface area contributed by atoms with Gasteiger partial charge in [0.25, 0.3) is 5.91 Å². The number of amides is 1. The zero-order valence-corrected chi connectivity index (χ0v) is 15.3. The predicted octanol–water partition coefficient (Wildman–Crippen LogP) is 2.08. The Morgan fingerprint density at radius 2 is 1.96 bits per heavy atom. The van der Waals surface area contributed by atoms with Gasteiger partial charge in [0.05, 0.1) is 6.54 Å². The second-order valence-corrected chi connectivity index (χ2v) is 6.63. The van der Waals surface area contributed by atoms with Crippen LogP contribution in [0.4, 0.5) is 0 Å². The Labute approximate surface area is 149 Å². The maximum absolute atomic E-state index is 12.4. The van der Waals surface area contributed by atoms with Crippen molar-refractivity contribution in [3.05, 3.63) is 29.3 Å². The van der Waals surface area contributed by atoms with Gasteiger partial charge in [-0.2, -0.15) is 0 Å². The summed E-state index contributed by atoms with van der Waals surface area (Å²) >= 11 is 0. The van der Waals surface area contributed by atoms with Crippen LogP contribution in [0.1, 0.15) is 30.9 Å². The first-order chi connectivity index (χ1) is 11.9. The molecule has 0 spiro atoms. The Kier molecular flexibility index (Phi) is 6.82. The highest BCUT2D eigenvalue weighted by atomic mass is 16.5. The predicted molar refractivity (Wildman–Crippen MR) is 95.9 cm³/mol. The van der Waals surface area contributed by atoms with E-state index in [1.165, 1.54) is 0 Å². The van der Waals surface area contributed by atoms with Gasteiger partial charge in [0, 0.05) is 19.1 Å². The highest BCUT2D eigenvalue weighted by Gasteiger charge is 2.27. The summed E-state index contributed by atoms with van der Waals surface area (Å²) in [5.74, 6) is -0.0650. The summed E-state index contributed by atoms with van der Waals surface area (Å²) in [4.78, 5) is 27.1. The van der Waals surface area contributed by atoms with E-state index in [-0.39, 0.29) is 25.1 Å². The summed E-state index contributed by atoms with van der Waals surface area (Å²) in [6, 6.07) is 6.18. The number of aliphatic carboxylic acids is 1. The van der Waals surface area contributed by atoms with Crippen LogP contribution >= 0.6 is 0 Å². The summed E-state index contributed by atoms with van der Waals surface area (Å²) in [6.07, 6.45) is 1.60. The zero-order chi connectivity index (χ0) is 18.4. The van der Waals surface area contributed by atoms with Gasteiger partial charge in [0.15, 0.2) is 6.61 Å². The largest absolute Gasteiger partial charge is 0.483 e. The molecule has 1 aromatic carbocycles. The number of ether oxygens (including phenoxy) is 1. The Balaban J connectivity index is 1.82. The monoisotopic (exact) mass is 348 g/mol. The molecule has 0 aromatic heterocycles. The Morgan fingerprint density at radius 3 is 2.56 bits per heavy atom. The number of likely N-dealkylation sites (N-methyl/N-ethyl adjacent to an activating group) is 1. The summed E-state index contributed by atoms with van der Waals surface area (Å²) in [7, 11) is 0. The quantitative estimate of drug-likeness (QED) is 0.817. The number of hydrogen-bond acceptors (Lipinski definition) is 4. The molecule has 6 nitrogen and oxygen atoms in total. The Morgan fingerprint density at radius 1 is 1.28 bits per heavy atom. The van der Waals surface area contributed by atoms with Gasteiger partial charge < -0.3 is 14.7 Å². The van der Waals surface area contributed by atoms with Crippen LogP contribution in [0.5, 0.6) is 5.75 Å². The number of piperidine rings is 1. The molecule has 1 aliphatic heterocycles. The molecule has 1 saturated heterocycles. The third kappa shape index (κ3) is 5.46. The molecule has 1 N–H and O–H groups in total. The third-order valence-electron chi connectivity index (χ3n) is 4.77. The smallest absolute Gasteiger partial charge is 0.317 e. The standard InChI is InChI=1S/C19H28N2O4/c1-4-20(12-19(23)24)16-7-9-21(10-8-16)18(22)13-25-17-11-14(2)5-6-15(17)3/h5-6,11,16H,4,7-10,12-13H2,1-3H3,(H,23,24). The maximum atomic E-state index is 12.4. The second-order valence-electron chi connectivity index (χ2n) is 6.63. The number of nitrogens with zero attached hydrogens (tertiary/aromatic N) is 2. The van der Waals surface area contributed by atoms with Gasteiger partial charge in [-0.25, -0.2) is 0 Å². The van der Waals surface area contributed by atoms with Crippen molar-refractivity contribution in [3.63, 3.8) is 0 Å². The molecule has 0 radical (unpaired) electrons. The van der Waals surface area contributed by atoms with Gasteiger partial charge in [-0.05, 0) is 50.4 Å². The van der Waals surface area contributed by atoms with Crippen molar-refractivity contribution in [2.45, 2.75) is 39.7 Å². The van der Waals surface area contributed by atoms with Crippen molar-refractivity contribution in [2.24, 2.45) is 0 Å². The third-order valence-corrected chi connectivity index (χ3v) is 4.77. The number of carboxylic acid groups (broad SMARTS) is 1. The average molecular weight is 348 g/mol. The summed E-state index contributed by atoms with van der Waals surface area (Å²) in [6.45, 7) is 8.04. The fourth-order valence-electron chi connectivity index (χ4n) is 3.25. The molecule has 6 heteroatoms. The lowest BCUT2D eigenvalue weighted by atomic mass is 10.0. The molecule has 0 atom stereocenters. The zero-order valence-electron chi connectivity index (χ0n) is 15.3. The van der Waals surface area contributed by atoms with Gasteiger partial charge >= 0.3 is 5.97 Å². The lowest BCUT2D eigenvalue weighted by Crippen LogP contribution is -2.49. The number of carbonyl (C=O) groups is 2. The lowest BCUT2D eigenvalue weighted by molar-refractivity contribution is -0.140. The molecule has 0 unspecified atom stereocenters. The highest BCUT2D eigenvalue weighted by molar-refractivity contribution is 5.78. The molecule has 25 heavy (non-hydrogen) atoms. The fraction of sp³-hybridized carbons (Fsp3) is 0.579. The van der Waals surface area contributed by atoms with Crippen LogP contribution in [0.15, 0.2) is 18.2 Å². The molecule has 138 valence electrons. The van der Waals surface area contributed by atoms with E-state index >= 15 is 0 Å². The number of carbonyl (C=O) groups excluding carboxylic acids is 1. The fourth-order valence-corrected chi connectivity index (χ4v) is 3.25. The normalized spacial score (nSPS) is 15.4. The second kappa shape index (κ2) is 8.85. The van der Waals surface area contributed by atoms with Crippen molar-refractivity contribution >= 4 is 11.9 Å². The molecular formula is C19H28N2O4. The summed E-state index contributed by atoms with van der Waals surface area (Å²) < 4.78 is 5.70. The van der Waals surface area contributed by atoms with Gasteiger partial charge in [-0.3, -0.25) is 14.5 Å². The van der Waals surface area contributed by atoms with E-state index in [0.29, 0.717) is 19.6 Å². The topological polar surface area (TPSA) is 70.1 Å². The highest BCUT2D eigenvalue weighted by Crippen LogP contribution is 2.20. The number of benzene rings is 1. The van der Waals surface area contributed by atoms with Crippen LogP contribution in [0, 0.1) is 13.8 Å². The number of carboxylic acids is 1. The first-order valence-electron chi connectivity index (χ1n) is 8.84. The van der Waals surface area contributed by atoms with Crippen molar-refractivity contribution in [1.29, 1.82) is 0 Å². The van der Waals surface area contributed by atoms with Crippen LogP contribution in [0.25, 0.3) is 0 Å². The van der Waals surface area contributed by atoms with Crippen molar-refractivity contribution in [2.75, 3.05) is 32.8 Å². The van der Waals surface area contributed by atoms with E-state index in [4.69, 9.17) is 9.84 Å². The van der Waals surface area contributed by atoms with Crippen LogP contribution in [0.3, 0.4) is 0 Å². The van der Waals surface area contributed by atoms with Crippen LogP contribution < -0.4 is 4.74 Å². The van der Waals surface area contributed by atoms with Gasteiger partial charge in [-0.1, -0.05) is 19.1 Å². The molecule has 2 rings (SSSR count). The molecule has 1 aromatic rings. The number of aryl methyl sites for hydroxylation is 2. The number of rotatable bonds is 7. The van der Waals surface area contributed by atoms with E-state index in [1.54, 1.807) is 0 Å². The molecule has 1 aliphatic rings. The minimum atomic E-state index is -0.803. The van der Waals surface area contributed by atoms with E-state index < -0.39 is 5.97 Å². The maximum Gasteiger partial charge on any atom is 0.317 e. The summed E-state index contributed by atoms with van der Waals surface area (Å²) in [5.41, 5.74) is 2.12. The first-order valence-corrected chi connectivity index (χ1v) is 8.84. The van der Waals surface area contributed by atoms with Crippen molar-refractivity contribution < 1.29 is 19.4 Å².